The first-order valence-electron chi connectivity index (χ1n) is 20.9. The molecule has 0 aliphatic heterocycles. The van der Waals surface area contributed by atoms with Gasteiger partial charge in [0.1, 0.15) is 0 Å². The minimum atomic E-state index is -0.637. The van der Waals surface area contributed by atoms with Crippen LogP contribution < -0.4 is 0 Å². The highest BCUT2D eigenvalue weighted by Gasteiger charge is 2.50. The van der Waals surface area contributed by atoms with E-state index in [0.717, 1.165) is 39.3 Å². The molecule has 0 radical (unpaired) electrons. The number of benzene rings is 7. The number of hydrogen-bond donors (Lipinski definition) is 0. The molecule has 13 rings (SSSR count). The third kappa shape index (κ3) is 5.12. The topological polar surface area (TPSA) is 51.6 Å². The summed E-state index contributed by atoms with van der Waals surface area (Å²) in [6.07, 6.45) is 5.48. The van der Waals surface area contributed by atoms with Gasteiger partial charge in [0, 0.05) is 61.0 Å². The van der Waals surface area contributed by atoms with Crippen molar-refractivity contribution in [2.24, 2.45) is 0 Å². The summed E-state index contributed by atoms with van der Waals surface area (Å²) in [6.45, 7) is 0. The molecule has 4 nitrogen and oxygen atoms in total. The Kier molecular flexibility index (Phi) is 7.66. The maximum absolute atomic E-state index is 5.37. The smallest absolute Gasteiger partial charge is 0.161 e. The van der Waals surface area contributed by atoms with Gasteiger partial charge in [-0.05, 0) is 110 Å². The minimum absolute atomic E-state index is 0.621. The summed E-state index contributed by atoms with van der Waals surface area (Å²) in [5.74, 6) is 0.621. The molecule has 288 valence electrons. The number of thiophene rings is 1. The third-order valence-electron chi connectivity index (χ3n) is 12.9. The van der Waals surface area contributed by atoms with Gasteiger partial charge in [0.2, 0.25) is 0 Å². The molecule has 2 aliphatic carbocycles. The van der Waals surface area contributed by atoms with E-state index < -0.39 is 5.41 Å². The molecule has 11 aromatic rings. The normalized spacial score (nSPS) is 14.5. The molecule has 4 heterocycles. The zero-order chi connectivity index (χ0) is 40.8. The van der Waals surface area contributed by atoms with E-state index in [-0.39, 0.29) is 0 Å². The van der Waals surface area contributed by atoms with Crippen molar-refractivity contribution in [2.75, 3.05) is 0 Å². The second kappa shape index (κ2) is 13.6. The SMILES string of the molecule is c1ccc(-c2cc(-c3ccc4c(c3)C3(c5ccccc5-c5ccccc5-4)c4ccccc4-c4cc5c(cc43)sc3ccccc35)nc(-c3ccc(-c4cccnc4)nc3)n2)cc1. The van der Waals surface area contributed by atoms with Gasteiger partial charge >= 0.3 is 0 Å². The van der Waals surface area contributed by atoms with E-state index in [1.807, 2.05) is 48.0 Å². The highest BCUT2D eigenvalue weighted by molar-refractivity contribution is 7.25. The summed E-state index contributed by atoms with van der Waals surface area (Å²) in [6, 6.07) is 68.5. The minimum Gasteiger partial charge on any atom is -0.264 e. The second-order valence-corrected chi connectivity index (χ2v) is 17.2. The van der Waals surface area contributed by atoms with Gasteiger partial charge in [-0.25, -0.2) is 9.97 Å². The van der Waals surface area contributed by atoms with Crippen LogP contribution in [0.4, 0.5) is 0 Å². The Labute approximate surface area is 362 Å². The molecule has 0 N–H and O–H groups in total. The van der Waals surface area contributed by atoms with Gasteiger partial charge in [0.05, 0.1) is 22.5 Å². The number of rotatable bonds is 4. The van der Waals surface area contributed by atoms with Crippen LogP contribution >= 0.6 is 11.3 Å². The lowest BCUT2D eigenvalue weighted by atomic mass is 9.65. The third-order valence-corrected chi connectivity index (χ3v) is 14.0. The van der Waals surface area contributed by atoms with Crippen molar-refractivity contribution < 1.29 is 0 Å². The fraction of sp³-hybridized carbons (Fsp3) is 0.0175. The summed E-state index contributed by atoms with van der Waals surface area (Å²) >= 11 is 1.88. The molecular formula is C57H34N4S. The maximum Gasteiger partial charge on any atom is 0.161 e. The van der Waals surface area contributed by atoms with Crippen molar-refractivity contribution in [3.05, 3.63) is 229 Å². The molecule has 1 spiro atoms. The molecule has 0 saturated carbocycles. The molecule has 1 atom stereocenters. The maximum atomic E-state index is 5.37. The largest absolute Gasteiger partial charge is 0.264 e. The van der Waals surface area contributed by atoms with Gasteiger partial charge < -0.3 is 0 Å². The van der Waals surface area contributed by atoms with E-state index in [4.69, 9.17) is 15.0 Å². The quantitative estimate of drug-likeness (QED) is 0.178. The van der Waals surface area contributed by atoms with Gasteiger partial charge in [-0.15, -0.1) is 11.3 Å². The monoisotopic (exact) mass is 806 g/mol. The Bertz CT molecular complexity index is 3580. The molecule has 7 aromatic carbocycles. The van der Waals surface area contributed by atoms with Crippen molar-refractivity contribution in [3.8, 4) is 78.5 Å². The Morgan fingerprint density at radius 3 is 1.73 bits per heavy atom. The lowest BCUT2D eigenvalue weighted by Gasteiger charge is -2.35. The van der Waals surface area contributed by atoms with Crippen LogP contribution in [0.5, 0.6) is 0 Å². The van der Waals surface area contributed by atoms with Crippen LogP contribution in [0.3, 0.4) is 0 Å². The first-order valence-corrected chi connectivity index (χ1v) is 21.8. The number of nitrogens with zero attached hydrogens (tertiary/aromatic N) is 4. The van der Waals surface area contributed by atoms with Gasteiger partial charge in [-0.3, -0.25) is 9.97 Å². The molecule has 4 aromatic heterocycles. The molecule has 0 saturated heterocycles. The van der Waals surface area contributed by atoms with Gasteiger partial charge in [0.15, 0.2) is 5.82 Å². The van der Waals surface area contributed by atoms with Crippen molar-refractivity contribution in [3.63, 3.8) is 0 Å². The van der Waals surface area contributed by atoms with E-state index in [0.29, 0.717) is 5.82 Å². The summed E-state index contributed by atoms with van der Waals surface area (Å²) in [4.78, 5) is 19.7. The first-order chi connectivity index (χ1) is 30.7. The fourth-order valence-corrected chi connectivity index (χ4v) is 11.3. The average Bonchev–Trinajstić information content (AvgIpc) is 3.82. The van der Waals surface area contributed by atoms with E-state index in [9.17, 15) is 0 Å². The fourth-order valence-electron chi connectivity index (χ4n) is 10.2. The van der Waals surface area contributed by atoms with Crippen molar-refractivity contribution in [2.45, 2.75) is 5.41 Å². The van der Waals surface area contributed by atoms with Gasteiger partial charge in [-0.1, -0.05) is 133 Å². The number of fused-ring (bicyclic) bond motifs is 15. The molecule has 0 fully saturated rings. The summed E-state index contributed by atoms with van der Waals surface area (Å²) in [7, 11) is 0. The summed E-state index contributed by atoms with van der Waals surface area (Å²) < 4.78 is 2.60. The molecule has 2 aliphatic rings. The molecule has 1 unspecified atom stereocenters. The molecule has 0 amide bonds. The number of aromatic nitrogens is 4. The van der Waals surface area contributed by atoms with Crippen LogP contribution in [0.2, 0.25) is 0 Å². The predicted octanol–water partition coefficient (Wildman–Crippen LogP) is 14.3. The van der Waals surface area contributed by atoms with Crippen LogP contribution in [0.25, 0.3) is 98.7 Å². The van der Waals surface area contributed by atoms with Gasteiger partial charge in [-0.2, -0.15) is 0 Å². The van der Waals surface area contributed by atoms with Crippen molar-refractivity contribution in [1.29, 1.82) is 0 Å². The Morgan fingerprint density at radius 1 is 0.355 bits per heavy atom. The Hall–Kier alpha value is -7.86. The zero-order valence-corrected chi connectivity index (χ0v) is 34.1. The Morgan fingerprint density at radius 2 is 0.984 bits per heavy atom. The van der Waals surface area contributed by atoms with Gasteiger partial charge in [0.25, 0.3) is 0 Å². The summed E-state index contributed by atoms with van der Waals surface area (Å²) in [5, 5.41) is 2.61. The second-order valence-electron chi connectivity index (χ2n) is 16.1. The highest BCUT2D eigenvalue weighted by Crippen LogP contribution is 2.62. The van der Waals surface area contributed by atoms with E-state index in [2.05, 4.69) is 169 Å². The number of hydrogen-bond acceptors (Lipinski definition) is 5. The zero-order valence-electron chi connectivity index (χ0n) is 33.3. The van der Waals surface area contributed by atoms with E-state index >= 15 is 0 Å². The van der Waals surface area contributed by atoms with Crippen LogP contribution in [0.15, 0.2) is 207 Å². The Balaban J connectivity index is 1.10. The van der Waals surface area contributed by atoms with Crippen LogP contribution in [-0.2, 0) is 5.41 Å². The number of pyridine rings is 2. The van der Waals surface area contributed by atoms with E-state index in [1.54, 1.807) is 6.20 Å². The van der Waals surface area contributed by atoms with E-state index in [1.165, 1.54) is 75.8 Å². The van der Waals surface area contributed by atoms with Crippen molar-refractivity contribution >= 4 is 31.5 Å². The molecule has 0 bridgehead atoms. The highest BCUT2D eigenvalue weighted by atomic mass is 32.1. The van der Waals surface area contributed by atoms with Crippen LogP contribution in [-0.4, -0.2) is 19.9 Å². The van der Waals surface area contributed by atoms with Crippen molar-refractivity contribution in [1.82, 2.24) is 19.9 Å². The lowest BCUT2D eigenvalue weighted by Crippen LogP contribution is -2.29. The molecule has 5 heteroatoms. The molecule has 62 heavy (non-hydrogen) atoms. The van der Waals surface area contributed by atoms with Crippen LogP contribution in [0, 0.1) is 0 Å². The standard InChI is InChI=1S/C57H34N4S/c1-2-13-35(14-3-1)52-32-53(61-56(60-52)38-25-27-51(59-34-38)37-15-12-28-58-33-37)36-24-26-43-40-17-5-4-16-39(40)41-18-6-9-21-47(41)57(49(43)29-36)48-22-10-7-19-42(48)45-30-46-44-20-8-11-23-54(44)62-55(46)31-50(45)57/h1-34H. The lowest BCUT2D eigenvalue weighted by molar-refractivity contribution is 0.777. The van der Waals surface area contributed by atoms with Crippen LogP contribution in [0.1, 0.15) is 22.3 Å². The average molecular weight is 807 g/mol. The predicted molar refractivity (Wildman–Crippen MR) is 254 cm³/mol. The summed E-state index contributed by atoms with van der Waals surface area (Å²) in [5.41, 5.74) is 18.4. The first kappa shape index (κ1) is 34.9. The molecular weight excluding hydrogens is 773 g/mol.